The molecule has 7 heteroatoms. The van der Waals surface area contributed by atoms with Crippen LogP contribution >= 0.6 is 26.6 Å². The molecule has 0 radical (unpaired) electrons. The van der Waals surface area contributed by atoms with Crippen LogP contribution in [0.3, 0.4) is 0 Å². The summed E-state index contributed by atoms with van der Waals surface area (Å²) in [5.41, 5.74) is 0.645. The average molecular weight is 368 g/mol. The van der Waals surface area contributed by atoms with Crippen LogP contribution in [0.15, 0.2) is 21.5 Å². The van der Waals surface area contributed by atoms with Crippen molar-refractivity contribution in [1.82, 2.24) is 0 Å². The monoisotopic (exact) mass is 366 g/mol. The van der Waals surface area contributed by atoms with Gasteiger partial charge in [-0.05, 0) is 43.4 Å². The predicted molar refractivity (Wildman–Crippen MR) is 74.9 cm³/mol. The normalized spacial score (nSPS) is 15.3. The fourth-order valence-electron chi connectivity index (χ4n) is 1.59. The molecule has 1 fully saturated rings. The van der Waals surface area contributed by atoms with E-state index >= 15 is 0 Å². The van der Waals surface area contributed by atoms with E-state index in [1.54, 1.807) is 6.92 Å². The summed E-state index contributed by atoms with van der Waals surface area (Å²) in [6.07, 6.45) is 2.15. The van der Waals surface area contributed by atoms with Crippen LogP contribution in [0.25, 0.3) is 0 Å². The molecule has 1 aromatic rings. The van der Waals surface area contributed by atoms with E-state index in [0.29, 0.717) is 22.6 Å². The van der Waals surface area contributed by atoms with E-state index in [1.807, 2.05) is 0 Å². The summed E-state index contributed by atoms with van der Waals surface area (Å²) in [4.78, 5) is 11.8. The van der Waals surface area contributed by atoms with E-state index in [2.05, 4.69) is 15.9 Å². The van der Waals surface area contributed by atoms with E-state index in [-0.39, 0.29) is 10.5 Å². The summed E-state index contributed by atoms with van der Waals surface area (Å²) in [6, 6.07) is 2.79. The molecule has 0 bridgehead atoms. The minimum atomic E-state index is -3.90. The maximum atomic E-state index is 11.8. The number of carbonyl (C=O) groups is 1. The Balaban J connectivity index is 2.30. The lowest BCUT2D eigenvalue weighted by Gasteiger charge is -2.09. The second-order valence-electron chi connectivity index (χ2n) is 4.56. The van der Waals surface area contributed by atoms with Gasteiger partial charge in [0.05, 0.1) is 17.1 Å². The Kier molecular flexibility index (Phi) is 4.23. The van der Waals surface area contributed by atoms with Crippen molar-refractivity contribution in [2.75, 3.05) is 6.61 Å². The fourth-order valence-corrected chi connectivity index (χ4v) is 3.40. The van der Waals surface area contributed by atoms with Crippen LogP contribution in [-0.4, -0.2) is 21.0 Å². The average Bonchev–Trinajstić information content (AvgIpc) is 3.11. The molecule has 0 spiro atoms. The molecule has 0 atom stereocenters. The Morgan fingerprint density at radius 3 is 2.63 bits per heavy atom. The number of hydrogen-bond donors (Lipinski definition) is 0. The third-order valence-corrected chi connectivity index (χ3v) is 5.21. The first-order valence-corrected chi connectivity index (χ1v) is 8.81. The zero-order chi connectivity index (χ0) is 14.2. The van der Waals surface area contributed by atoms with Crippen LogP contribution in [0.1, 0.15) is 28.8 Å². The first kappa shape index (κ1) is 14.8. The van der Waals surface area contributed by atoms with Crippen LogP contribution in [0, 0.1) is 12.8 Å². The van der Waals surface area contributed by atoms with Gasteiger partial charge in [0.15, 0.2) is 0 Å². The van der Waals surface area contributed by atoms with E-state index in [0.717, 1.165) is 12.8 Å². The fraction of sp³-hybridized carbons (Fsp3) is 0.417. The highest BCUT2D eigenvalue weighted by atomic mass is 79.9. The Hall–Kier alpha value is -0.590. The van der Waals surface area contributed by atoms with Gasteiger partial charge in [0, 0.05) is 15.2 Å². The lowest BCUT2D eigenvalue weighted by Crippen LogP contribution is -2.09. The van der Waals surface area contributed by atoms with E-state index in [4.69, 9.17) is 15.4 Å². The van der Waals surface area contributed by atoms with Gasteiger partial charge in [0.1, 0.15) is 0 Å². The first-order valence-electron chi connectivity index (χ1n) is 5.71. The summed E-state index contributed by atoms with van der Waals surface area (Å²) >= 11 is 3.22. The highest BCUT2D eigenvalue weighted by molar-refractivity contribution is 9.10. The molecule has 1 aliphatic carbocycles. The highest BCUT2D eigenvalue weighted by Gasteiger charge is 2.24. The lowest BCUT2D eigenvalue weighted by molar-refractivity contribution is 0.0485. The molecule has 1 saturated carbocycles. The zero-order valence-corrected chi connectivity index (χ0v) is 13.3. The van der Waals surface area contributed by atoms with E-state index in [1.165, 1.54) is 12.1 Å². The molecule has 4 nitrogen and oxygen atoms in total. The SMILES string of the molecule is Cc1c(Br)cc(C(=O)OCC2CC2)cc1S(=O)(=O)Cl. The molecule has 0 unspecified atom stereocenters. The quantitative estimate of drug-likeness (QED) is 0.605. The van der Waals surface area contributed by atoms with Crippen molar-refractivity contribution in [3.63, 3.8) is 0 Å². The van der Waals surface area contributed by atoms with Crippen molar-refractivity contribution in [2.24, 2.45) is 5.92 Å². The van der Waals surface area contributed by atoms with Crippen molar-refractivity contribution in [1.29, 1.82) is 0 Å². The van der Waals surface area contributed by atoms with Gasteiger partial charge in [0.25, 0.3) is 9.05 Å². The van der Waals surface area contributed by atoms with Crippen molar-refractivity contribution in [3.8, 4) is 0 Å². The molecule has 0 saturated heterocycles. The van der Waals surface area contributed by atoms with E-state index in [9.17, 15) is 13.2 Å². The van der Waals surface area contributed by atoms with E-state index < -0.39 is 15.0 Å². The Bertz CT molecular complexity index is 623. The maximum Gasteiger partial charge on any atom is 0.338 e. The third kappa shape index (κ3) is 3.70. The van der Waals surface area contributed by atoms with Gasteiger partial charge in [-0.15, -0.1) is 0 Å². The van der Waals surface area contributed by atoms with Gasteiger partial charge in [-0.2, -0.15) is 0 Å². The summed E-state index contributed by atoms with van der Waals surface area (Å²) in [5.74, 6) is -0.0803. The van der Waals surface area contributed by atoms with Crippen LogP contribution < -0.4 is 0 Å². The summed E-state index contributed by atoms with van der Waals surface area (Å²) in [6.45, 7) is 1.99. The van der Waals surface area contributed by atoms with Crippen LogP contribution in [0.2, 0.25) is 0 Å². The van der Waals surface area contributed by atoms with Crippen LogP contribution in [0.5, 0.6) is 0 Å². The Labute approximate surface area is 124 Å². The number of carbonyl (C=O) groups excluding carboxylic acids is 1. The number of halogens is 2. The summed E-state index contributed by atoms with van der Waals surface area (Å²) < 4.78 is 28.5. The maximum absolute atomic E-state index is 11.8. The Morgan fingerprint density at radius 1 is 1.47 bits per heavy atom. The van der Waals surface area contributed by atoms with Gasteiger partial charge < -0.3 is 4.74 Å². The lowest BCUT2D eigenvalue weighted by atomic mass is 10.1. The molecule has 0 N–H and O–H groups in total. The predicted octanol–water partition coefficient (Wildman–Crippen LogP) is 3.25. The van der Waals surface area contributed by atoms with Crippen LogP contribution in [0.4, 0.5) is 0 Å². The Morgan fingerprint density at radius 2 is 2.11 bits per heavy atom. The minimum Gasteiger partial charge on any atom is -0.462 e. The van der Waals surface area contributed by atoms with Crippen molar-refractivity contribution < 1.29 is 17.9 Å². The highest BCUT2D eigenvalue weighted by Crippen LogP contribution is 2.30. The molecule has 0 heterocycles. The molecular formula is C12H12BrClO4S. The van der Waals surface area contributed by atoms with Crippen molar-refractivity contribution in [2.45, 2.75) is 24.7 Å². The van der Waals surface area contributed by atoms with Crippen molar-refractivity contribution in [3.05, 3.63) is 27.7 Å². The van der Waals surface area contributed by atoms with Gasteiger partial charge in [0.2, 0.25) is 0 Å². The molecule has 19 heavy (non-hydrogen) atoms. The first-order chi connectivity index (χ1) is 8.79. The smallest absolute Gasteiger partial charge is 0.338 e. The number of benzene rings is 1. The largest absolute Gasteiger partial charge is 0.462 e. The van der Waals surface area contributed by atoms with Gasteiger partial charge in [-0.25, -0.2) is 13.2 Å². The molecule has 0 aromatic heterocycles. The van der Waals surface area contributed by atoms with Crippen LogP contribution in [-0.2, 0) is 13.8 Å². The van der Waals surface area contributed by atoms with Gasteiger partial charge in [-0.1, -0.05) is 15.9 Å². The molecule has 0 aliphatic heterocycles. The number of esters is 1. The number of ether oxygens (including phenoxy) is 1. The number of rotatable bonds is 4. The molecule has 2 rings (SSSR count). The summed E-state index contributed by atoms with van der Waals surface area (Å²) in [7, 11) is 1.45. The molecular weight excluding hydrogens is 356 g/mol. The summed E-state index contributed by atoms with van der Waals surface area (Å²) in [5, 5.41) is 0. The topological polar surface area (TPSA) is 60.4 Å². The zero-order valence-electron chi connectivity index (χ0n) is 10.2. The number of hydrogen-bond acceptors (Lipinski definition) is 4. The second kappa shape index (κ2) is 5.42. The van der Waals surface area contributed by atoms with Gasteiger partial charge >= 0.3 is 5.97 Å². The molecule has 104 valence electrons. The standard InChI is InChI=1S/C12H12BrClO4S/c1-7-10(13)4-9(5-11(7)19(14,16)17)12(15)18-6-8-2-3-8/h4-5,8H,2-3,6H2,1H3. The molecule has 1 aliphatic rings. The third-order valence-electron chi connectivity index (χ3n) is 2.94. The second-order valence-corrected chi connectivity index (χ2v) is 7.95. The van der Waals surface area contributed by atoms with Crippen molar-refractivity contribution >= 4 is 41.6 Å². The molecule has 0 amide bonds. The molecule has 1 aromatic carbocycles. The minimum absolute atomic E-state index is 0.0816. The van der Waals surface area contributed by atoms with Gasteiger partial charge in [-0.3, -0.25) is 0 Å².